The smallest absolute Gasteiger partial charge is 0.312 e. The minimum absolute atomic E-state index is 0.0962. The zero-order chi connectivity index (χ0) is 18.1. The maximum Gasteiger partial charge on any atom is 0.312 e. The number of carbonyl (C=O) groups excluding carboxylic acids is 1. The Morgan fingerprint density at radius 3 is 2.42 bits per heavy atom. The molecule has 2 rings (SSSR count). The highest BCUT2D eigenvalue weighted by atomic mass is 16.5. The summed E-state index contributed by atoms with van der Waals surface area (Å²) in [5.41, 5.74) is -0.00599. The molecule has 1 fully saturated rings. The molecular formula is C19H30N2O3. The number of hydrogen-bond acceptors (Lipinski definition) is 5. The second-order valence-corrected chi connectivity index (χ2v) is 7.89. The number of benzene rings is 1. The van der Waals surface area contributed by atoms with Gasteiger partial charge < -0.3 is 15.3 Å². The van der Waals surface area contributed by atoms with E-state index in [4.69, 9.17) is 4.74 Å². The van der Waals surface area contributed by atoms with Gasteiger partial charge in [-0.1, -0.05) is 30.3 Å². The van der Waals surface area contributed by atoms with E-state index in [2.05, 4.69) is 24.4 Å². The standard InChI is InChI=1S/C19H30N2O3/c1-13(14-10-8-7-9-11-14)20-15-12-18(2,3)21(23)19(4,5)16(15)17(22)24-6/h7-11,13,15-16,20,23H,12H2,1-6H3/t13-,15+,16+/m1/s1. The first-order chi connectivity index (χ1) is 11.1. The van der Waals surface area contributed by atoms with Crippen LogP contribution in [0.5, 0.6) is 0 Å². The summed E-state index contributed by atoms with van der Waals surface area (Å²) in [6.07, 6.45) is 0.643. The topological polar surface area (TPSA) is 61.8 Å². The summed E-state index contributed by atoms with van der Waals surface area (Å²) in [6, 6.07) is 10.2. The van der Waals surface area contributed by atoms with Gasteiger partial charge in [-0.25, -0.2) is 0 Å². The molecule has 0 bridgehead atoms. The molecular weight excluding hydrogens is 304 g/mol. The Kier molecular flexibility index (Phi) is 5.37. The van der Waals surface area contributed by atoms with Gasteiger partial charge in [-0.3, -0.25) is 4.79 Å². The summed E-state index contributed by atoms with van der Waals surface area (Å²) >= 11 is 0. The Balaban J connectivity index is 2.32. The van der Waals surface area contributed by atoms with Gasteiger partial charge in [0.25, 0.3) is 0 Å². The fourth-order valence-corrected chi connectivity index (χ4v) is 4.04. The molecule has 3 atom stereocenters. The van der Waals surface area contributed by atoms with E-state index in [9.17, 15) is 10.0 Å². The highest BCUT2D eigenvalue weighted by Gasteiger charge is 2.55. The van der Waals surface area contributed by atoms with Gasteiger partial charge in [0, 0.05) is 17.6 Å². The van der Waals surface area contributed by atoms with E-state index in [-0.39, 0.29) is 18.1 Å². The monoisotopic (exact) mass is 334 g/mol. The fourth-order valence-electron chi connectivity index (χ4n) is 4.04. The number of nitrogens with zero attached hydrogens (tertiary/aromatic N) is 1. The number of ether oxygens (including phenoxy) is 1. The molecule has 0 aromatic heterocycles. The molecule has 0 spiro atoms. The lowest BCUT2D eigenvalue weighted by Gasteiger charge is -2.55. The van der Waals surface area contributed by atoms with Crippen molar-refractivity contribution in [1.82, 2.24) is 10.4 Å². The minimum Gasteiger partial charge on any atom is -0.469 e. The van der Waals surface area contributed by atoms with Crippen LogP contribution in [0, 0.1) is 5.92 Å². The lowest BCUT2D eigenvalue weighted by molar-refractivity contribution is -0.265. The van der Waals surface area contributed by atoms with Crippen LogP contribution in [0.2, 0.25) is 0 Å². The summed E-state index contributed by atoms with van der Waals surface area (Å²) in [5, 5.41) is 15.6. The van der Waals surface area contributed by atoms with E-state index < -0.39 is 17.0 Å². The average molecular weight is 334 g/mol. The number of hydroxylamine groups is 2. The molecule has 24 heavy (non-hydrogen) atoms. The molecule has 0 saturated carbocycles. The summed E-state index contributed by atoms with van der Waals surface area (Å²) < 4.78 is 5.04. The molecule has 0 radical (unpaired) electrons. The summed E-state index contributed by atoms with van der Waals surface area (Å²) in [7, 11) is 1.40. The molecule has 1 aliphatic heterocycles. The number of rotatable bonds is 4. The van der Waals surface area contributed by atoms with Gasteiger partial charge in [0.05, 0.1) is 18.6 Å². The first-order valence-electron chi connectivity index (χ1n) is 8.49. The van der Waals surface area contributed by atoms with Gasteiger partial charge in [-0.15, -0.1) is 0 Å². The third-order valence-electron chi connectivity index (χ3n) is 5.22. The Hall–Kier alpha value is -1.43. The predicted octanol–water partition coefficient (Wildman–Crippen LogP) is 3.15. The Labute approximate surface area is 145 Å². The van der Waals surface area contributed by atoms with E-state index in [1.54, 1.807) is 0 Å². The van der Waals surface area contributed by atoms with Gasteiger partial charge in [0.1, 0.15) is 0 Å². The molecule has 0 unspecified atom stereocenters. The van der Waals surface area contributed by atoms with Gasteiger partial charge >= 0.3 is 5.97 Å². The Morgan fingerprint density at radius 1 is 1.29 bits per heavy atom. The lowest BCUT2D eigenvalue weighted by Crippen LogP contribution is -2.69. The molecule has 1 heterocycles. The molecule has 0 amide bonds. The number of esters is 1. The van der Waals surface area contributed by atoms with Gasteiger partial charge in [-0.05, 0) is 46.6 Å². The predicted molar refractivity (Wildman–Crippen MR) is 93.7 cm³/mol. The van der Waals surface area contributed by atoms with Crippen molar-refractivity contribution in [2.75, 3.05) is 7.11 Å². The number of methoxy groups -OCH3 is 1. The summed E-state index contributed by atoms with van der Waals surface area (Å²) in [5.74, 6) is -0.765. The third kappa shape index (κ3) is 3.48. The highest BCUT2D eigenvalue weighted by Crippen LogP contribution is 2.42. The van der Waals surface area contributed by atoms with E-state index >= 15 is 0 Å². The van der Waals surface area contributed by atoms with Crippen molar-refractivity contribution < 1.29 is 14.7 Å². The highest BCUT2D eigenvalue weighted by molar-refractivity contribution is 5.75. The third-order valence-corrected chi connectivity index (χ3v) is 5.22. The van der Waals surface area contributed by atoms with Crippen LogP contribution in [0.1, 0.15) is 52.6 Å². The van der Waals surface area contributed by atoms with Gasteiger partial charge in [0.2, 0.25) is 0 Å². The first kappa shape index (κ1) is 18.9. The van der Waals surface area contributed by atoms with Crippen molar-refractivity contribution in [1.29, 1.82) is 0 Å². The van der Waals surface area contributed by atoms with Crippen LogP contribution in [0.4, 0.5) is 0 Å². The largest absolute Gasteiger partial charge is 0.469 e. The van der Waals surface area contributed by atoms with E-state index in [1.165, 1.54) is 17.7 Å². The van der Waals surface area contributed by atoms with Crippen LogP contribution in [0.15, 0.2) is 30.3 Å². The number of hydrogen-bond donors (Lipinski definition) is 2. The molecule has 1 aromatic carbocycles. The van der Waals surface area contributed by atoms with Gasteiger partial charge in [0.15, 0.2) is 0 Å². The molecule has 134 valence electrons. The van der Waals surface area contributed by atoms with Crippen molar-refractivity contribution in [2.45, 2.75) is 64.2 Å². The molecule has 1 aromatic rings. The second kappa shape index (κ2) is 6.82. The molecule has 5 nitrogen and oxygen atoms in total. The van der Waals surface area contributed by atoms with Crippen molar-refractivity contribution in [3.05, 3.63) is 35.9 Å². The van der Waals surface area contributed by atoms with Crippen LogP contribution in [0.25, 0.3) is 0 Å². The zero-order valence-corrected chi connectivity index (χ0v) is 15.5. The second-order valence-electron chi connectivity index (χ2n) is 7.89. The van der Waals surface area contributed by atoms with E-state index in [0.717, 1.165) is 0 Å². The maximum atomic E-state index is 12.5. The molecule has 5 heteroatoms. The lowest BCUT2D eigenvalue weighted by atomic mass is 9.70. The van der Waals surface area contributed by atoms with Crippen LogP contribution < -0.4 is 5.32 Å². The molecule has 1 saturated heterocycles. The van der Waals surface area contributed by atoms with E-state index in [0.29, 0.717) is 6.42 Å². The quantitative estimate of drug-likeness (QED) is 0.828. The fraction of sp³-hybridized carbons (Fsp3) is 0.632. The normalized spacial score (nSPS) is 27.5. The molecule has 0 aliphatic carbocycles. The van der Waals surface area contributed by atoms with Crippen molar-refractivity contribution >= 4 is 5.97 Å². The number of carbonyl (C=O) groups is 1. The SMILES string of the molecule is COC(=O)[C@@H]1[C@@H](N[C@H](C)c2ccccc2)CC(C)(C)N(O)C1(C)C. The summed E-state index contributed by atoms with van der Waals surface area (Å²) in [4.78, 5) is 12.5. The Bertz CT molecular complexity index is 571. The van der Waals surface area contributed by atoms with Crippen molar-refractivity contribution in [2.24, 2.45) is 5.92 Å². The first-order valence-corrected chi connectivity index (χ1v) is 8.49. The average Bonchev–Trinajstić information content (AvgIpc) is 2.53. The van der Waals surface area contributed by atoms with E-state index in [1.807, 2.05) is 45.9 Å². The van der Waals surface area contributed by atoms with Crippen LogP contribution in [-0.2, 0) is 9.53 Å². The van der Waals surface area contributed by atoms with Crippen LogP contribution in [0.3, 0.4) is 0 Å². The maximum absolute atomic E-state index is 12.5. The number of piperidine rings is 1. The molecule has 1 aliphatic rings. The minimum atomic E-state index is -0.733. The summed E-state index contributed by atoms with van der Waals surface area (Å²) in [6.45, 7) is 9.85. The Morgan fingerprint density at radius 2 is 1.88 bits per heavy atom. The van der Waals surface area contributed by atoms with Gasteiger partial charge in [-0.2, -0.15) is 5.06 Å². The van der Waals surface area contributed by atoms with Crippen LogP contribution in [-0.4, -0.2) is 40.5 Å². The van der Waals surface area contributed by atoms with Crippen LogP contribution >= 0.6 is 0 Å². The van der Waals surface area contributed by atoms with Crippen molar-refractivity contribution in [3.8, 4) is 0 Å². The molecule has 2 N–H and O–H groups in total. The zero-order valence-electron chi connectivity index (χ0n) is 15.5. The number of nitrogens with one attached hydrogen (secondary N) is 1. The van der Waals surface area contributed by atoms with Crippen molar-refractivity contribution in [3.63, 3.8) is 0 Å².